The molecule has 2 aliphatic carbocycles. The molecular weight excluding hydrogens is 483 g/mol. The van der Waals surface area contributed by atoms with Gasteiger partial charge in [0, 0.05) is 36.9 Å². The molecule has 1 heterocycles. The molecule has 2 saturated carbocycles. The molecule has 1 amide bonds. The van der Waals surface area contributed by atoms with Crippen molar-refractivity contribution in [1.29, 1.82) is 0 Å². The summed E-state index contributed by atoms with van der Waals surface area (Å²) in [5, 5.41) is 13.9. The zero-order valence-corrected chi connectivity index (χ0v) is 20.1. The molecule has 0 spiro atoms. The summed E-state index contributed by atoms with van der Waals surface area (Å²) in [6.07, 6.45) is 6.88. The average Bonchev–Trinajstić information content (AvgIpc) is 3.35. The molecular formula is C20H35IN6O2. The Morgan fingerprint density at radius 1 is 1.21 bits per heavy atom. The van der Waals surface area contributed by atoms with Gasteiger partial charge in [0.05, 0.1) is 6.54 Å². The Kier molecular flexibility index (Phi) is 9.64. The molecule has 2 fully saturated rings. The van der Waals surface area contributed by atoms with Crippen molar-refractivity contribution in [3.05, 3.63) is 11.7 Å². The van der Waals surface area contributed by atoms with E-state index >= 15 is 0 Å². The number of guanidine groups is 1. The van der Waals surface area contributed by atoms with E-state index in [-0.39, 0.29) is 47.8 Å². The zero-order chi connectivity index (χ0) is 19.9. The molecule has 3 N–H and O–H groups in total. The molecule has 0 bridgehead atoms. The molecule has 0 aliphatic heterocycles. The standard InChI is InChI=1S/C20H34N6O2.HI/c1-4-21-20(22-11-10-17-25-18(13(2)3)26-28-17)24-16-7-5-6-14(12-16)19(27)23-15-8-9-15;/h13-16H,4-12H2,1-3H3,(H,23,27)(H2,21,22,24);1H. The molecule has 1 aromatic rings. The highest BCUT2D eigenvalue weighted by Crippen LogP contribution is 2.26. The number of carbonyl (C=O) groups is 1. The SMILES string of the molecule is CCNC(=NCCc1nc(C(C)C)no1)NC1CCCC(C(=O)NC2CC2)C1.I. The summed E-state index contributed by atoms with van der Waals surface area (Å²) in [6.45, 7) is 7.51. The zero-order valence-electron chi connectivity index (χ0n) is 17.7. The van der Waals surface area contributed by atoms with Crippen molar-refractivity contribution in [2.24, 2.45) is 10.9 Å². The summed E-state index contributed by atoms with van der Waals surface area (Å²) in [6, 6.07) is 0.707. The molecule has 2 aliphatic rings. The first-order chi connectivity index (χ1) is 13.5. The van der Waals surface area contributed by atoms with Gasteiger partial charge in [-0.1, -0.05) is 25.4 Å². The van der Waals surface area contributed by atoms with Crippen LogP contribution in [-0.4, -0.2) is 47.2 Å². The summed E-state index contributed by atoms with van der Waals surface area (Å²) < 4.78 is 5.28. The Morgan fingerprint density at radius 2 is 2.00 bits per heavy atom. The van der Waals surface area contributed by atoms with Gasteiger partial charge < -0.3 is 20.5 Å². The van der Waals surface area contributed by atoms with Gasteiger partial charge in [-0.15, -0.1) is 24.0 Å². The normalized spacial score (nSPS) is 22.1. The monoisotopic (exact) mass is 518 g/mol. The molecule has 3 rings (SSSR count). The number of nitrogens with zero attached hydrogens (tertiary/aromatic N) is 3. The number of aromatic nitrogens is 2. The maximum absolute atomic E-state index is 12.4. The minimum absolute atomic E-state index is 0. The highest BCUT2D eigenvalue weighted by molar-refractivity contribution is 14.0. The van der Waals surface area contributed by atoms with Gasteiger partial charge in [-0.2, -0.15) is 4.98 Å². The van der Waals surface area contributed by atoms with Crippen LogP contribution in [0.5, 0.6) is 0 Å². The molecule has 0 saturated heterocycles. The highest BCUT2D eigenvalue weighted by Gasteiger charge is 2.31. The Balaban J connectivity index is 0.00000300. The number of nitrogens with one attached hydrogen (secondary N) is 3. The van der Waals surface area contributed by atoms with Gasteiger partial charge in [-0.3, -0.25) is 9.79 Å². The minimum Gasteiger partial charge on any atom is -0.357 e. The summed E-state index contributed by atoms with van der Waals surface area (Å²) in [5.74, 6) is 2.76. The Morgan fingerprint density at radius 3 is 2.66 bits per heavy atom. The van der Waals surface area contributed by atoms with Gasteiger partial charge >= 0.3 is 0 Å². The number of hydrogen-bond donors (Lipinski definition) is 3. The number of rotatable bonds is 8. The van der Waals surface area contributed by atoms with Gasteiger partial charge in [0.2, 0.25) is 11.8 Å². The van der Waals surface area contributed by atoms with Gasteiger partial charge in [-0.05, 0) is 39.0 Å². The lowest BCUT2D eigenvalue weighted by Gasteiger charge is -2.30. The van der Waals surface area contributed by atoms with Crippen LogP contribution in [0.25, 0.3) is 0 Å². The lowest BCUT2D eigenvalue weighted by atomic mass is 9.85. The summed E-state index contributed by atoms with van der Waals surface area (Å²) in [7, 11) is 0. The van der Waals surface area contributed by atoms with Crippen LogP contribution < -0.4 is 16.0 Å². The molecule has 164 valence electrons. The Hall–Kier alpha value is -1.39. The predicted octanol–water partition coefficient (Wildman–Crippen LogP) is 2.75. The van der Waals surface area contributed by atoms with Crippen molar-refractivity contribution in [2.45, 2.75) is 83.7 Å². The van der Waals surface area contributed by atoms with E-state index in [9.17, 15) is 4.79 Å². The van der Waals surface area contributed by atoms with E-state index in [1.54, 1.807) is 0 Å². The lowest BCUT2D eigenvalue weighted by molar-refractivity contribution is -0.126. The Labute approximate surface area is 190 Å². The molecule has 1 aromatic heterocycles. The van der Waals surface area contributed by atoms with Crippen molar-refractivity contribution >= 4 is 35.8 Å². The van der Waals surface area contributed by atoms with Crippen molar-refractivity contribution in [3.63, 3.8) is 0 Å². The molecule has 0 radical (unpaired) electrons. The maximum atomic E-state index is 12.4. The van der Waals surface area contributed by atoms with E-state index in [1.807, 2.05) is 13.8 Å². The first-order valence-corrected chi connectivity index (χ1v) is 10.7. The first kappa shape index (κ1) is 23.9. The second-order valence-corrected chi connectivity index (χ2v) is 8.20. The van der Waals surface area contributed by atoms with Crippen LogP contribution in [0.4, 0.5) is 0 Å². The third-order valence-corrected chi connectivity index (χ3v) is 5.25. The van der Waals surface area contributed by atoms with Crippen molar-refractivity contribution in [3.8, 4) is 0 Å². The van der Waals surface area contributed by atoms with E-state index in [0.717, 1.165) is 56.9 Å². The maximum Gasteiger partial charge on any atom is 0.228 e. The van der Waals surface area contributed by atoms with Crippen LogP contribution in [0.3, 0.4) is 0 Å². The molecule has 0 aromatic carbocycles. The highest BCUT2D eigenvalue weighted by atomic mass is 127. The molecule has 8 nitrogen and oxygen atoms in total. The minimum atomic E-state index is 0. The fourth-order valence-electron chi connectivity index (χ4n) is 3.49. The van der Waals surface area contributed by atoms with Gasteiger partial charge in [0.25, 0.3) is 0 Å². The number of amides is 1. The summed E-state index contributed by atoms with van der Waals surface area (Å²) in [5.41, 5.74) is 0. The lowest BCUT2D eigenvalue weighted by Crippen LogP contribution is -2.47. The van der Waals surface area contributed by atoms with E-state index in [0.29, 0.717) is 24.9 Å². The van der Waals surface area contributed by atoms with Crippen LogP contribution in [0.2, 0.25) is 0 Å². The second-order valence-electron chi connectivity index (χ2n) is 8.20. The van der Waals surface area contributed by atoms with Crippen molar-refractivity contribution < 1.29 is 9.32 Å². The number of aliphatic imine (C=N–C) groups is 1. The van der Waals surface area contributed by atoms with Crippen LogP contribution in [0, 0.1) is 5.92 Å². The fraction of sp³-hybridized carbons (Fsp3) is 0.800. The third kappa shape index (κ3) is 7.75. The molecule has 2 unspecified atom stereocenters. The predicted molar refractivity (Wildman–Crippen MR) is 124 cm³/mol. The number of hydrogen-bond acceptors (Lipinski definition) is 5. The van der Waals surface area contributed by atoms with Gasteiger partial charge in [0.1, 0.15) is 0 Å². The fourth-order valence-corrected chi connectivity index (χ4v) is 3.49. The van der Waals surface area contributed by atoms with Crippen molar-refractivity contribution in [2.75, 3.05) is 13.1 Å². The second kappa shape index (κ2) is 11.7. The largest absolute Gasteiger partial charge is 0.357 e. The van der Waals surface area contributed by atoms with E-state index < -0.39 is 0 Å². The summed E-state index contributed by atoms with van der Waals surface area (Å²) in [4.78, 5) is 21.4. The Bertz CT molecular complexity index is 674. The summed E-state index contributed by atoms with van der Waals surface area (Å²) >= 11 is 0. The van der Waals surface area contributed by atoms with Crippen molar-refractivity contribution in [1.82, 2.24) is 26.1 Å². The number of carbonyl (C=O) groups excluding carboxylic acids is 1. The number of halogens is 1. The van der Waals surface area contributed by atoms with E-state index in [4.69, 9.17) is 4.52 Å². The topological polar surface area (TPSA) is 104 Å². The molecule has 2 atom stereocenters. The van der Waals surface area contributed by atoms with Crippen LogP contribution in [-0.2, 0) is 11.2 Å². The van der Waals surface area contributed by atoms with Crippen LogP contribution in [0.15, 0.2) is 9.52 Å². The smallest absolute Gasteiger partial charge is 0.228 e. The average molecular weight is 518 g/mol. The molecule has 29 heavy (non-hydrogen) atoms. The van der Waals surface area contributed by atoms with Crippen LogP contribution >= 0.6 is 24.0 Å². The van der Waals surface area contributed by atoms with E-state index in [1.165, 1.54) is 0 Å². The first-order valence-electron chi connectivity index (χ1n) is 10.7. The molecule has 9 heteroatoms. The van der Waals surface area contributed by atoms with Gasteiger partial charge in [0.15, 0.2) is 11.8 Å². The van der Waals surface area contributed by atoms with Crippen LogP contribution in [0.1, 0.15) is 76.9 Å². The quantitative estimate of drug-likeness (QED) is 0.278. The van der Waals surface area contributed by atoms with E-state index in [2.05, 4.69) is 38.0 Å². The van der Waals surface area contributed by atoms with Gasteiger partial charge in [-0.25, -0.2) is 0 Å². The third-order valence-electron chi connectivity index (χ3n) is 5.25.